The molecule has 2 aromatic carbocycles. The molecule has 0 saturated heterocycles. The molecular formula is C25H29NO7. The molecule has 1 heterocycles. The summed E-state index contributed by atoms with van der Waals surface area (Å²) in [6.45, 7) is 7.74. The van der Waals surface area contributed by atoms with Crippen molar-refractivity contribution in [1.29, 1.82) is 0 Å². The minimum absolute atomic E-state index is 0.0104. The number of ether oxygens (including phenoxy) is 4. The van der Waals surface area contributed by atoms with Crippen LogP contribution in [-0.2, 0) is 0 Å². The van der Waals surface area contributed by atoms with Gasteiger partial charge in [-0.3, -0.25) is 4.79 Å². The molecule has 3 rings (SSSR count). The number of methoxy groups -OCH3 is 3. The molecule has 0 unspecified atom stereocenters. The number of benzene rings is 2. The van der Waals surface area contributed by atoms with Crippen molar-refractivity contribution in [3.63, 3.8) is 0 Å². The average molecular weight is 456 g/mol. The summed E-state index contributed by atoms with van der Waals surface area (Å²) in [6, 6.07) is 9.75. The maximum Gasteiger partial charge on any atom is 0.415 e. The molecule has 0 saturated carbocycles. The molecule has 0 aliphatic heterocycles. The van der Waals surface area contributed by atoms with Crippen LogP contribution in [0.1, 0.15) is 27.7 Å². The number of rotatable bonds is 7. The first-order chi connectivity index (χ1) is 15.7. The minimum Gasteiger partial charge on any atom is -0.493 e. The topological polar surface area (TPSA) is 87.4 Å². The fourth-order valence-corrected chi connectivity index (χ4v) is 3.79. The highest BCUT2D eigenvalue weighted by Crippen LogP contribution is 2.42. The van der Waals surface area contributed by atoms with Crippen LogP contribution in [-0.4, -0.2) is 44.4 Å². The van der Waals surface area contributed by atoms with Crippen molar-refractivity contribution < 1.29 is 28.2 Å². The van der Waals surface area contributed by atoms with E-state index in [1.807, 2.05) is 27.7 Å². The Balaban J connectivity index is 1.97. The highest BCUT2D eigenvalue weighted by molar-refractivity contribution is 5.90. The van der Waals surface area contributed by atoms with Gasteiger partial charge in [-0.2, -0.15) is 0 Å². The van der Waals surface area contributed by atoms with Crippen molar-refractivity contribution in [2.24, 2.45) is 0 Å². The monoisotopic (exact) mass is 455 g/mol. The Bertz CT molecular complexity index is 1190. The Labute approximate surface area is 192 Å². The number of carbonyl (C=O) groups is 1. The lowest BCUT2D eigenvalue weighted by atomic mass is 10.1. The van der Waals surface area contributed by atoms with Crippen LogP contribution in [0.3, 0.4) is 0 Å². The zero-order chi connectivity index (χ0) is 24.3. The molecule has 0 N–H and O–H groups in total. The maximum atomic E-state index is 12.9. The highest BCUT2D eigenvalue weighted by atomic mass is 16.6. The molecule has 0 fully saturated rings. The van der Waals surface area contributed by atoms with Gasteiger partial charge >= 0.3 is 6.09 Å². The molecule has 0 spiro atoms. The van der Waals surface area contributed by atoms with Crippen LogP contribution in [0.15, 0.2) is 45.6 Å². The molecule has 8 nitrogen and oxygen atoms in total. The molecule has 8 heteroatoms. The van der Waals surface area contributed by atoms with E-state index < -0.39 is 6.09 Å². The summed E-state index contributed by atoms with van der Waals surface area (Å²) in [4.78, 5) is 27.1. The molecule has 0 radical (unpaired) electrons. The number of amides is 1. The van der Waals surface area contributed by atoms with Gasteiger partial charge in [-0.05, 0) is 52.0 Å². The fraction of sp³-hybridized carbons (Fsp3) is 0.360. The summed E-state index contributed by atoms with van der Waals surface area (Å²) >= 11 is 0. The summed E-state index contributed by atoms with van der Waals surface area (Å²) in [5, 5.41) is 0.256. The molecule has 33 heavy (non-hydrogen) atoms. The normalized spacial score (nSPS) is 11.1. The second kappa shape index (κ2) is 9.85. The van der Waals surface area contributed by atoms with E-state index in [9.17, 15) is 9.59 Å². The summed E-state index contributed by atoms with van der Waals surface area (Å²) in [5.41, 5.74) is 0.656. The van der Waals surface area contributed by atoms with Gasteiger partial charge in [0.05, 0.1) is 21.3 Å². The standard InChI is InChI=1S/C25H29NO7/c1-14(2)26(15(3)4)25(28)32-17-10-8-16(9-11-17)19-12-18(27)22-20(33-19)13-21(29-5)23(30-6)24(22)31-7/h8-15H,1-7H3. The van der Waals surface area contributed by atoms with Crippen molar-refractivity contribution in [2.45, 2.75) is 39.8 Å². The van der Waals surface area contributed by atoms with Crippen LogP contribution in [0, 0.1) is 0 Å². The highest BCUT2D eigenvalue weighted by Gasteiger charge is 2.23. The van der Waals surface area contributed by atoms with Crippen LogP contribution in [0.25, 0.3) is 22.3 Å². The lowest BCUT2D eigenvalue weighted by Crippen LogP contribution is -2.43. The lowest BCUT2D eigenvalue weighted by Gasteiger charge is -2.29. The maximum absolute atomic E-state index is 12.9. The van der Waals surface area contributed by atoms with E-state index in [0.29, 0.717) is 34.2 Å². The SMILES string of the molecule is COc1cc2oc(-c3ccc(OC(=O)N(C(C)C)C(C)C)cc3)cc(=O)c2c(OC)c1OC. The third-order valence-electron chi connectivity index (χ3n) is 5.19. The van der Waals surface area contributed by atoms with Gasteiger partial charge < -0.3 is 28.3 Å². The second-order valence-electron chi connectivity index (χ2n) is 7.98. The number of carbonyl (C=O) groups excluding carboxylic acids is 1. The largest absolute Gasteiger partial charge is 0.493 e. The second-order valence-corrected chi connectivity index (χ2v) is 7.98. The third-order valence-corrected chi connectivity index (χ3v) is 5.19. The van der Waals surface area contributed by atoms with E-state index in [1.54, 1.807) is 35.2 Å². The molecule has 0 bridgehead atoms. The van der Waals surface area contributed by atoms with Crippen LogP contribution >= 0.6 is 0 Å². The number of nitrogens with zero attached hydrogens (tertiary/aromatic N) is 1. The van der Waals surface area contributed by atoms with Gasteiger partial charge in [0, 0.05) is 29.8 Å². The Kier molecular flexibility index (Phi) is 7.16. The molecule has 3 aromatic rings. The summed E-state index contributed by atoms with van der Waals surface area (Å²) < 4.78 is 27.6. The van der Waals surface area contributed by atoms with Gasteiger partial charge in [0.1, 0.15) is 22.5 Å². The molecule has 0 aliphatic rings. The number of hydrogen-bond acceptors (Lipinski definition) is 7. The first-order valence-electron chi connectivity index (χ1n) is 10.6. The Morgan fingerprint density at radius 3 is 2.00 bits per heavy atom. The van der Waals surface area contributed by atoms with Gasteiger partial charge in [0.15, 0.2) is 16.9 Å². The summed E-state index contributed by atoms with van der Waals surface area (Å²) in [6.07, 6.45) is -0.418. The van der Waals surface area contributed by atoms with E-state index in [-0.39, 0.29) is 28.6 Å². The van der Waals surface area contributed by atoms with Crippen molar-refractivity contribution >= 4 is 17.1 Å². The third kappa shape index (κ3) is 4.74. The molecule has 1 amide bonds. The molecule has 0 aliphatic carbocycles. The van der Waals surface area contributed by atoms with E-state index in [1.165, 1.54) is 27.4 Å². The van der Waals surface area contributed by atoms with Gasteiger partial charge in [-0.1, -0.05) is 0 Å². The van der Waals surface area contributed by atoms with Gasteiger partial charge in [0.2, 0.25) is 5.75 Å². The van der Waals surface area contributed by atoms with Crippen LogP contribution in [0.5, 0.6) is 23.0 Å². The van der Waals surface area contributed by atoms with Crippen molar-refractivity contribution in [3.8, 4) is 34.3 Å². The van der Waals surface area contributed by atoms with E-state index in [0.717, 1.165) is 0 Å². The van der Waals surface area contributed by atoms with Crippen molar-refractivity contribution in [2.75, 3.05) is 21.3 Å². The number of hydrogen-bond donors (Lipinski definition) is 0. The van der Waals surface area contributed by atoms with Gasteiger partial charge in [-0.25, -0.2) is 4.79 Å². The Morgan fingerprint density at radius 2 is 1.48 bits per heavy atom. The Morgan fingerprint density at radius 1 is 0.879 bits per heavy atom. The molecule has 1 aromatic heterocycles. The smallest absolute Gasteiger partial charge is 0.415 e. The quantitative estimate of drug-likeness (QED) is 0.490. The predicted molar refractivity (Wildman–Crippen MR) is 126 cm³/mol. The summed E-state index contributed by atoms with van der Waals surface area (Å²) in [7, 11) is 4.41. The van der Waals surface area contributed by atoms with Crippen LogP contribution < -0.4 is 24.4 Å². The molecule has 176 valence electrons. The van der Waals surface area contributed by atoms with Crippen LogP contribution in [0.2, 0.25) is 0 Å². The zero-order valence-corrected chi connectivity index (χ0v) is 19.9. The molecular weight excluding hydrogens is 426 g/mol. The fourth-order valence-electron chi connectivity index (χ4n) is 3.79. The average Bonchev–Trinajstić information content (AvgIpc) is 2.77. The Hall–Kier alpha value is -3.68. The summed E-state index contributed by atoms with van der Waals surface area (Å²) in [5.74, 6) is 1.69. The van der Waals surface area contributed by atoms with Gasteiger partial charge in [0.25, 0.3) is 0 Å². The van der Waals surface area contributed by atoms with Crippen molar-refractivity contribution in [1.82, 2.24) is 4.90 Å². The molecule has 0 atom stereocenters. The first-order valence-corrected chi connectivity index (χ1v) is 10.6. The minimum atomic E-state index is -0.418. The predicted octanol–water partition coefficient (Wildman–Crippen LogP) is 5.10. The zero-order valence-electron chi connectivity index (χ0n) is 19.9. The van der Waals surface area contributed by atoms with E-state index >= 15 is 0 Å². The van der Waals surface area contributed by atoms with E-state index in [4.69, 9.17) is 23.4 Å². The van der Waals surface area contributed by atoms with Crippen LogP contribution in [0.4, 0.5) is 4.79 Å². The van der Waals surface area contributed by atoms with Gasteiger partial charge in [-0.15, -0.1) is 0 Å². The number of fused-ring (bicyclic) bond motifs is 1. The van der Waals surface area contributed by atoms with Crippen molar-refractivity contribution in [3.05, 3.63) is 46.6 Å². The van der Waals surface area contributed by atoms with E-state index in [2.05, 4.69) is 0 Å². The first kappa shape index (κ1) is 24.0. The lowest BCUT2D eigenvalue weighted by molar-refractivity contribution is 0.122.